The number of hydrogen-bond acceptors (Lipinski definition) is 9. The normalized spacial score (nSPS) is 10.9. The Kier molecular flexibility index (Phi) is 7.39. The number of fused-ring (bicyclic) bond motifs is 1. The van der Waals surface area contributed by atoms with E-state index in [1.807, 2.05) is 47.0 Å². The number of aromatic nitrogens is 4. The monoisotopic (exact) mass is 478 g/mol. The number of hydrogen-bond donors (Lipinski definition) is 2. The molecule has 0 saturated carbocycles. The Bertz CT molecular complexity index is 1250. The molecular weight excluding hydrogens is 448 g/mol. The third kappa shape index (κ3) is 5.16. The molecule has 0 amide bonds. The summed E-state index contributed by atoms with van der Waals surface area (Å²) in [7, 11) is 4.74. The summed E-state index contributed by atoms with van der Waals surface area (Å²) in [6.07, 6.45) is 1.53. The van der Waals surface area contributed by atoms with Crippen LogP contribution in [0.3, 0.4) is 0 Å². The molecule has 10 nitrogen and oxygen atoms in total. The average molecular weight is 479 g/mol. The van der Waals surface area contributed by atoms with Gasteiger partial charge in [0.2, 0.25) is 11.7 Å². The molecule has 4 aromatic rings. The lowest BCUT2D eigenvalue weighted by molar-refractivity contribution is 0.324. The van der Waals surface area contributed by atoms with Crippen LogP contribution in [0.15, 0.2) is 48.8 Å². The molecule has 2 N–H and O–H groups in total. The zero-order chi connectivity index (χ0) is 24.8. The van der Waals surface area contributed by atoms with Gasteiger partial charge in [-0.15, -0.1) is 0 Å². The highest BCUT2D eigenvalue weighted by Gasteiger charge is 2.20. The van der Waals surface area contributed by atoms with Crippen LogP contribution in [-0.4, -0.2) is 54.0 Å². The Morgan fingerprint density at radius 3 is 2.29 bits per heavy atom. The molecular formula is C25H30N6O4. The lowest BCUT2D eigenvalue weighted by Gasteiger charge is -2.16. The average Bonchev–Trinajstić information content (AvgIpc) is 3.25. The molecule has 0 aliphatic carbocycles. The first kappa shape index (κ1) is 23.9. The van der Waals surface area contributed by atoms with Crippen LogP contribution in [0, 0.1) is 0 Å². The van der Waals surface area contributed by atoms with E-state index in [0.29, 0.717) is 47.7 Å². The van der Waals surface area contributed by atoms with Crippen LogP contribution in [0.25, 0.3) is 11.2 Å². The Hall–Kier alpha value is -4.21. The van der Waals surface area contributed by atoms with Crippen LogP contribution in [0.1, 0.15) is 19.9 Å². The van der Waals surface area contributed by atoms with E-state index < -0.39 is 0 Å². The van der Waals surface area contributed by atoms with E-state index in [0.717, 1.165) is 17.1 Å². The van der Waals surface area contributed by atoms with Crippen LogP contribution in [-0.2, 0) is 0 Å². The molecule has 2 heterocycles. The summed E-state index contributed by atoms with van der Waals surface area (Å²) < 4.78 is 24.2. The molecule has 0 aliphatic heterocycles. The minimum Gasteiger partial charge on any atom is -0.493 e. The van der Waals surface area contributed by atoms with Gasteiger partial charge in [-0.05, 0) is 26.0 Å². The maximum absolute atomic E-state index is 5.77. The van der Waals surface area contributed by atoms with Gasteiger partial charge in [0, 0.05) is 23.9 Å². The van der Waals surface area contributed by atoms with Gasteiger partial charge in [0.25, 0.3) is 0 Å². The van der Waals surface area contributed by atoms with E-state index in [4.69, 9.17) is 23.9 Å². The highest BCUT2D eigenvalue weighted by molar-refractivity contribution is 5.86. The van der Waals surface area contributed by atoms with Gasteiger partial charge in [-0.3, -0.25) is 4.57 Å². The van der Waals surface area contributed by atoms with E-state index in [1.165, 1.54) is 6.33 Å². The van der Waals surface area contributed by atoms with E-state index in [-0.39, 0.29) is 6.04 Å². The fourth-order valence-corrected chi connectivity index (χ4v) is 3.75. The van der Waals surface area contributed by atoms with Crippen molar-refractivity contribution >= 4 is 28.6 Å². The lowest BCUT2D eigenvalue weighted by Crippen LogP contribution is -2.13. The number of anilines is 3. The summed E-state index contributed by atoms with van der Waals surface area (Å²) in [5, 5.41) is 6.69. The van der Waals surface area contributed by atoms with E-state index in [9.17, 15) is 0 Å². The number of nitrogens with one attached hydrogen (secondary N) is 2. The van der Waals surface area contributed by atoms with E-state index in [2.05, 4.69) is 34.4 Å². The smallest absolute Gasteiger partial charge is 0.210 e. The molecule has 4 rings (SSSR count). The third-order valence-electron chi connectivity index (χ3n) is 5.32. The van der Waals surface area contributed by atoms with Gasteiger partial charge in [0.05, 0.1) is 27.9 Å². The number of benzene rings is 2. The topological polar surface area (TPSA) is 105 Å². The second-order valence-corrected chi connectivity index (χ2v) is 7.92. The zero-order valence-electron chi connectivity index (χ0n) is 20.5. The number of rotatable bonds is 11. The van der Waals surface area contributed by atoms with Crippen LogP contribution >= 0.6 is 0 Å². The summed E-state index contributed by atoms with van der Waals surface area (Å²) in [5.74, 6) is 3.69. The molecule has 0 saturated heterocycles. The Labute approximate surface area is 204 Å². The number of methoxy groups -OCH3 is 3. The van der Waals surface area contributed by atoms with Gasteiger partial charge < -0.3 is 29.6 Å². The van der Waals surface area contributed by atoms with Crippen LogP contribution in [0.4, 0.5) is 17.5 Å². The van der Waals surface area contributed by atoms with Crippen molar-refractivity contribution in [3.8, 4) is 23.0 Å². The van der Waals surface area contributed by atoms with Crippen molar-refractivity contribution in [1.29, 1.82) is 0 Å². The van der Waals surface area contributed by atoms with Crippen molar-refractivity contribution in [2.45, 2.75) is 19.9 Å². The first-order valence-electron chi connectivity index (χ1n) is 11.3. The Morgan fingerprint density at radius 1 is 0.943 bits per heavy atom. The molecule has 2 aromatic carbocycles. The minimum atomic E-state index is 0.0914. The molecule has 184 valence electrons. The number of imidazole rings is 1. The quantitative estimate of drug-likeness (QED) is 0.298. The van der Waals surface area contributed by atoms with Gasteiger partial charge in [-0.2, -0.15) is 0 Å². The van der Waals surface area contributed by atoms with Crippen molar-refractivity contribution in [3.05, 3.63) is 48.8 Å². The molecule has 0 aliphatic rings. The number of nitrogens with zero attached hydrogens (tertiary/aromatic N) is 4. The predicted octanol–water partition coefficient (Wildman–Crippen LogP) is 4.67. The number of para-hydroxylation sites is 1. The molecule has 0 unspecified atom stereocenters. The van der Waals surface area contributed by atoms with Crippen molar-refractivity contribution in [2.75, 3.05) is 45.1 Å². The first-order valence-corrected chi connectivity index (χ1v) is 11.3. The molecule has 10 heteroatoms. The summed E-state index contributed by atoms with van der Waals surface area (Å²) in [6, 6.07) is 13.4. The molecule has 35 heavy (non-hydrogen) atoms. The summed E-state index contributed by atoms with van der Waals surface area (Å²) in [4.78, 5) is 13.7. The second-order valence-electron chi connectivity index (χ2n) is 7.92. The molecule has 0 bridgehead atoms. The van der Waals surface area contributed by atoms with Gasteiger partial charge in [-0.1, -0.05) is 18.2 Å². The summed E-state index contributed by atoms with van der Waals surface area (Å²) >= 11 is 0. The highest BCUT2D eigenvalue weighted by atomic mass is 16.5. The van der Waals surface area contributed by atoms with Gasteiger partial charge in [-0.25, -0.2) is 15.0 Å². The van der Waals surface area contributed by atoms with Gasteiger partial charge >= 0.3 is 0 Å². The molecule has 0 radical (unpaired) electrons. The van der Waals surface area contributed by atoms with Crippen molar-refractivity contribution < 1.29 is 18.9 Å². The predicted molar refractivity (Wildman–Crippen MR) is 136 cm³/mol. The maximum atomic E-state index is 5.77. The van der Waals surface area contributed by atoms with Crippen molar-refractivity contribution in [2.24, 2.45) is 0 Å². The van der Waals surface area contributed by atoms with Crippen LogP contribution in [0.2, 0.25) is 0 Å². The van der Waals surface area contributed by atoms with Crippen molar-refractivity contribution in [1.82, 2.24) is 19.5 Å². The van der Waals surface area contributed by atoms with Crippen molar-refractivity contribution in [3.63, 3.8) is 0 Å². The minimum absolute atomic E-state index is 0.0914. The Morgan fingerprint density at radius 2 is 1.66 bits per heavy atom. The highest BCUT2D eigenvalue weighted by Crippen LogP contribution is 2.41. The van der Waals surface area contributed by atoms with E-state index >= 15 is 0 Å². The molecule has 0 fully saturated rings. The molecule has 0 atom stereocenters. The zero-order valence-corrected chi connectivity index (χ0v) is 20.5. The van der Waals surface area contributed by atoms with Gasteiger partial charge in [0.15, 0.2) is 28.5 Å². The van der Waals surface area contributed by atoms with E-state index in [1.54, 1.807) is 21.3 Å². The van der Waals surface area contributed by atoms with Crippen LogP contribution in [0.5, 0.6) is 23.0 Å². The summed E-state index contributed by atoms with van der Waals surface area (Å²) in [6.45, 7) is 5.19. The first-order chi connectivity index (χ1) is 17.0. The largest absolute Gasteiger partial charge is 0.493 e. The molecule has 2 aromatic heterocycles. The second kappa shape index (κ2) is 10.8. The maximum Gasteiger partial charge on any atom is 0.210 e. The van der Waals surface area contributed by atoms with Crippen LogP contribution < -0.4 is 29.6 Å². The fourth-order valence-electron chi connectivity index (χ4n) is 3.75. The number of ether oxygens (including phenoxy) is 4. The standard InChI is InChI=1S/C25H30N6O4/c1-16(2)31-24-21(23(27-15-28-24)26-11-12-35-18-9-7-6-8-10-18)30-25(31)29-17-13-19(32-3)22(34-5)20(14-17)33-4/h6-10,13-16H,11-12H2,1-5H3,(H,29,30)(H,26,27,28). The third-order valence-corrected chi connectivity index (χ3v) is 5.32. The Balaban J connectivity index is 1.61. The fraction of sp³-hybridized carbons (Fsp3) is 0.320. The lowest BCUT2D eigenvalue weighted by atomic mass is 10.2. The molecule has 0 spiro atoms. The SMILES string of the molecule is COc1cc(Nc2nc3c(NCCOc4ccccc4)ncnc3n2C(C)C)cc(OC)c1OC. The summed E-state index contributed by atoms with van der Waals surface area (Å²) in [5.41, 5.74) is 2.11. The van der Waals surface area contributed by atoms with Gasteiger partial charge in [0.1, 0.15) is 18.7 Å².